The van der Waals surface area contributed by atoms with Crippen LogP contribution in [0.15, 0.2) is 49.0 Å². The van der Waals surface area contributed by atoms with E-state index in [9.17, 15) is 4.79 Å². The molecular weight excluding hydrogens is 462 g/mol. The second kappa shape index (κ2) is 8.06. The van der Waals surface area contributed by atoms with Crippen molar-refractivity contribution in [3.05, 3.63) is 51.1 Å². The first kappa shape index (κ1) is 20.0. The van der Waals surface area contributed by atoms with Crippen molar-refractivity contribution in [2.24, 2.45) is 0 Å². The number of aromatic amines is 1. The highest BCUT2D eigenvalue weighted by Crippen LogP contribution is 2.38. The molecule has 6 rings (SSSR count). The van der Waals surface area contributed by atoms with Gasteiger partial charge in [0.25, 0.3) is 5.56 Å². The number of rotatable bonds is 5. The Labute approximate surface area is 195 Å². The summed E-state index contributed by atoms with van der Waals surface area (Å²) < 4.78 is 13.6. The van der Waals surface area contributed by atoms with Crippen molar-refractivity contribution < 1.29 is 9.15 Å². The lowest BCUT2D eigenvalue weighted by atomic mass is 9.97. The summed E-state index contributed by atoms with van der Waals surface area (Å²) in [5.74, 6) is 1.87. The Hall–Kier alpha value is -2.62. The van der Waals surface area contributed by atoms with Crippen molar-refractivity contribution in [1.82, 2.24) is 15.0 Å². The molecule has 0 bridgehead atoms. The van der Waals surface area contributed by atoms with Crippen LogP contribution in [-0.2, 0) is 12.8 Å². The smallest absolute Gasteiger partial charge is 0.260 e. The first-order valence-electron chi connectivity index (χ1n) is 10.5. The number of furan rings is 1. The molecule has 0 saturated carbocycles. The summed E-state index contributed by atoms with van der Waals surface area (Å²) in [6.45, 7) is 2.61. The Balaban J connectivity index is 1.29. The third kappa shape index (κ3) is 3.54. The molecule has 0 atom stereocenters. The van der Waals surface area contributed by atoms with Gasteiger partial charge >= 0.3 is 0 Å². The first-order chi connectivity index (χ1) is 15.7. The molecule has 1 aliphatic rings. The summed E-state index contributed by atoms with van der Waals surface area (Å²) in [6.07, 6.45) is 4.33. The number of ether oxygens (including phenoxy) is 1. The molecule has 4 heterocycles. The van der Waals surface area contributed by atoms with Gasteiger partial charge in [-0.15, -0.1) is 22.7 Å². The van der Waals surface area contributed by atoms with Gasteiger partial charge in [0.15, 0.2) is 21.0 Å². The molecule has 0 amide bonds. The maximum Gasteiger partial charge on any atom is 0.260 e. The molecule has 5 aromatic rings. The molecular formula is C23H19N3O3S3. The number of hydrogen-bond donors (Lipinski definition) is 1. The predicted octanol–water partition coefficient (Wildman–Crippen LogP) is 6.28. The maximum atomic E-state index is 12.8. The highest BCUT2D eigenvalue weighted by molar-refractivity contribution is 8.01. The van der Waals surface area contributed by atoms with Gasteiger partial charge in [0.2, 0.25) is 0 Å². The van der Waals surface area contributed by atoms with Crippen LogP contribution in [0.1, 0.15) is 30.2 Å². The van der Waals surface area contributed by atoms with E-state index in [0.717, 1.165) is 49.8 Å². The molecule has 0 aliphatic heterocycles. The Morgan fingerprint density at radius 1 is 1.16 bits per heavy atom. The number of fused-ring (bicyclic) bond motifs is 4. The van der Waals surface area contributed by atoms with Gasteiger partial charge in [-0.1, -0.05) is 0 Å². The number of benzene rings is 1. The van der Waals surface area contributed by atoms with Crippen LogP contribution >= 0.6 is 34.4 Å². The summed E-state index contributed by atoms with van der Waals surface area (Å²) in [5.41, 5.74) is 2.05. The quantitative estimate of drug-likeness (QED) is 0.318. The van der Waals surface area contributed by atoms with Gasteiger partial charge in [0.05, 0.1) is 22.2 Å². The van der Waals surface area contributed by atoms with Crippen LogP contribution in [0.2, 0.25) is 0 Å². The standard InChI is InChI=1S/C23H19N3O3S3/c1-2-28-12-7-8-14-17(11-12)31-23(24-14)32-18-10-9-15(29-18)20-25-21(27)19-13-5-3-4-6-16(13)30-22(19)26-20/h7-11H,2-6H2,1H3,(H,25,26,27). The number of aromatic nitrogens is 3. The molecule has 1 N–H and O–H groups in total. The number of hydrogen-bond acceptors (Lipinski definition) is 8. The third-order valence-corrected chi connectivity index (χ3v) is 8.66. The lowest BCUT2D eigenvalue weighted by Crippen LogP contribution is -2.10. The largest absolute Gasteiger partial charge is 0.494 e. The van der Waals surface area contributed by atoms with Crippen LogP contribution in [0.4, 0.5) is 0 Å². The second-order valence-corrected chi connectivity index (χ2v) is 10.9. The minimum atomic E-state index is -0.0775. The summed E-state index contributed by atoms with van der Waals surface area (Å²) in [6, 6.07) is 9.66. The van der Waals surface area contributed by atoms with E-state index in [4.69, 9.17) is 14.1 Å². The van der Waals surface area contributed by atoms with Crippen molar-refractivity contribution in [2.75, 3.05) is 6.61 Å². The molecule has 0 fully saturated rings. The fraction of sp³-hybridized carbons (Fsp3) is 0.261. The number of H-pyrrole nitrogens is 1. The van der Waals surface area contributed by atoms with E-state index in [1.54, 1.807) is 22.7 Å². The number of nitrogens with one attached hydrogen (secondary N) is 1. The number of aryl methyl sites for hydroxylation is 2. The molecule has 0 radical (unpaired) electrons. The van der Waals surface area contributed by atoms with Gasteiger partial charge in [0, 0.05) is 4.88 Å². The van der Waals surface area contributed by atoms with Crippen LogP contribution < -0.4 is 10.3 Å². The summed E-state index contributed by atoms with van der Waals surface area (Å²) in [7, 11) is 0. The van der Waals surface area contributed by atoms with Crippen molar-refractivity contribution in [3.8, 4) is 17.3 Å². The topological polar surface area (TPSA) is 81.0 Å². The second-order valence-electron chi connectivity index (χ2n) is 7.57. The van der Waals surface area contributed by atoms with Crippen molar-refractivity contribution in [1.29, 1.82) is 0 Å². The molecule has 32 heavy (non-hydrogen) atoms. The van der Waals surface area contributed by atoms with Gasteiger partial charge < -0.3 is 14.1 Å². The molecule has 0 spiro atoms. The highest BCUT2D eigenvalue weighted by atomic mass is 32.2. The molecule has 6 nitrogen and oxygen atoms in total. The van der Waals surface area contributed by atoms with Gasteiger partial charge in [-0.3, -0.25) is 4.79 Å². The molecule has 9 heteroatoms. The monoisotopic (exact) mass is 481 g/mol. The Kier molecular flexibility index (Phi) is 5.04. The molecule has 4 aromatic heterocycles. The minimum Gasteiger partial charge on any atom is -0.494 e. The zero-order valence-electron chi connectivity index (χ0n) is 17.3. The van der Waals surface area contributed by atoms with Gasteiger partial charge in [-0.05, 0) is 80.3 Å². The molecule has 0 unspecified atom stereocenters. The highest BCUT2D eigenvalue weighted by Gasteiger charge is 2.21. The predicted molar refractivity (Wildman–Crippen MR) is 129 cm³/mol. The Morgan fingerprint density at radius 3 is 2.97 bits per heavy atom. The molecule has 162 valence electrons. The maximum absolute atomic E-state index is 12.8. The van der Waals surface area contributed by atoms with Crippen LogP contribution in [0.25, 0.3) is 32.0 Å². The fourth-order valence-electron chi connectivity index (χ4n) is 4.05. The fourth-order valence-corrected chi connectivity index (χ4v) is 7.31. The van der Waals surface area contributed by atoms with E-state index < -0.39 is 0 Å². The van der Waals surface area contributed by atoms with E-state index in [-0.39, 0.29) is 5.56 Å². The van der Waals surface area contributed by atoms with E-state index in [0.29, 0.717) is 23.3 Å². The zero-order valence-corrected chi connectivity index (χ0v) is 19.7. The van der Waals surface area contributed by atoms with E-state index in [1.807, 2.05) is 37.3 Å². The van der Waals surface area contributed by atoms with Gasteiger partial charge in [-0.2, -0.15) is 0 Å². The van der Waals surface area contributed by atoms with Crippen LogP contribution in [-0.4, -0.2) is 21.6 Å². The first-order valence-corrected chi connectivity index (χ1v) is 13.0. The summed E-state index contributed by atoms with van der Waals surface area (Å²) in [4.78, 5) is 27.3. The SMILES string of the molecule is CCOc1ccc2nc(Sc3ccc(-c4nc5sc6c(c5c(=O)[nH]4)CCCC6)o3)sc2c1. The molecule has 0 saturated heterocycles. The van der Waals surface area contributed by atoms with Crippen LogP contribution in [0.5, 0.6) is 5.75 Å². The number of thiophene rings is 1. The van der Waals surface area contributed by atoms with Crippen molar-refractivity contribution in [3.63, 3.8) is 0 Å². The Bertz CT molecular complexity index is 1510. The lowest BCUT2D eigenvalue weighted by Gasteiger charge is -2.09. The average molecular weight is 482 g/mol. The van der Waals surface area contributed by atoms with Crippen molar-refractivity contribution in [2.45, 2.75) is 42.0 Å². The van der Waals surface area contributed by atoms with E-state index in [1.165, 1.54) is 28.6 Å². The number of nitrogens with zero attached hydrogens (tertiary/aromatic N) is 2. The van der Waals surface area contributed by atoms with E-state index in [2.05, 4.69) is 9.97 Å². The van der Waals surface area contributed by atoms with Crippen molar-refractivity contribution >= 4 is 54.9 Å². The third-order valence-electron chi connectivity index (χ3n) is 5.48. The lowest BCUT2D eigenvalue weighted by molar-refractivity contribution is 0.341. The zero-order chi connectivity index (χ0) is 21.7. The molecule has 1 aliphatic carbocycles. The van der Waals surface area contributed by atoms with Crippen LogP contribution in [0, 0.1) is 0 Å². The molecule has 1 aromatic carbocycles. The normalized spacial score (nSPS) is 13.7. The minimum absolute atomic E-state index is 0.0775. The van der Waals surface area contributed by atoms with Gasteiger partial charge in [0.1, 0.15) is 10.6 Å². The average Bonchev–Trinajstić information content (AvgIpc) is 3.50. The number of thiazole rings is 1. The van der Waals surface area contributed by atoms with Crippen LogP contribution in [0.3, 0.4) is 0 Å². The Morgan fingerprint density at radius 2 is 2.06 bits per heavy atom. The summed E-state index contributed by atoms with van der Waals surface area (Å²) in [5, 5.41) is 1.47. The van der Waals surface area contributed by atoms with Gasteiger partial charge in [-0.25, -0.2) is 9.97 Å². The summed E-state index contributed by atoms with van der Waals surface area (Å²) >= 11 is 4.70. The van der Waals surface area contributed by atoms with E-state index >= 15 is 0 Å².